The minimum Gasteiger partial charge on any atom is -0.490 e. The Balaban J connectivity index is 1.36. The van der Waals surface area contributed by atoms with E-state index in [2.05, 4.69) is 32.8 Å². The Bertz CT molecular complexity index is 1090. The Morgan fingerprint density at radius 3 is 2.76 bits per heavy atom. The van der Waals surface area contributed by atoms with Gasteiger partial charge in [0.1, 0.15) is 5.69 Å². The number of nitrogens with one attached hydrogen (secondary N) is 1. The van der Waals surface area contributed by atoms with E-state index in [1.807, 2.05) is 25.2 Å². The SMILES string of the molecule is Cn1cc(C(=O)NCC(c2cccs2)N2CCOCC2)c(-c2ccc3c(c2)OCCCO3)n1. The number of hydrogen-bond donors (Lipinski definition) is 1. The fourth-order valence-corrected chi connectivity index (χ4v) is 5.10. The van der Waals surface area contributed by atoms with Crippen molar-refractivity contribution in [3.05, 3.63) is 52.3 Å². The fraction of sp³-hybridized carbons (Fsp3) is 0.417. The van der Waals surface area contributed by atoms with Gasteiger partial charge in [-0.1, -0.05) is 6.07 Å². The lowest BCUT2D eigenvalue weighted by molar-refractivity contribution is 0.0169. The number of aryl methyl sites for hydroxylation is 1. The van der Waals surface area contributed by atoms with E-state index in [1.54, 1.807) is 22.2 Å². The lowest BCUT2D eigenvalue weighted by atomic mass is 10.1. The summed E-state index contributed by atoms with van der Waals surface area (Å²) in [6.45, 7) is 4.91. The smallest absolute Gasteiger partial charge is 0.255 e. The van der Waals surface area contributed by atoms with Crippen LogP contribution in [0.15, 0.2) is 41.9 Å². The molecule has 2 aromatic heterocycles. The molecule has 1 N–H and O–H groups in total. The van der Waals surface area contributed by atoms with Crippen LogP contribution in [0.1, 0.15) is 27.7 Å². The molecular weight excluding hydrogens is 440 g/mol. The van der Waals surface area contributed by atoms with Gasteiger partial charge in [0.2, 0.25) is 0 Å². The summed E-state index contributed by atoms with van der Waals surface area (Å²) in [7, 11) is 1.82. The summed E-state index contributed by atoms with van der Waals surface area (Å²) in [5.74, 6) is 1.27. The van der Waals surface area contributed by atoms with Crippen LogP contribution in [-0.2, 0) is 11.8 Å². The molecule has 0 bridgehead atoms. The van der Waals surface area contributed by atoms with Crippen LogP contribution in [0.5, 0.6) is 11.5 Å². The average Bonchev–Trinajstić information content (AvgIpc) is 3.44. The van der Waals surface area contributed by atoms with Gasteiger partial charge in [0.25, 0.3) is 5.91 Å². The maximum Gasteiger partial charge on any atom is 0.255 e. The molecule has 1 atom stereocenters. The number of carbonyl (C=O) groups is 1. The van der Waals surface area contributed by atoms with E-state index in [-0.39, 0.29) is 11.9 Å². The van der Waals surface area contributed by atoms with E-state index in [0.717, 1.165) is 30.8 Å². The summed E-state index contributed by atoms with van der Waals surface area (Å²) < 4.78 is 18.8. The zero-order chi connectivity index (χ0) is 22.6. The molecule has 0 saturated carbocycles. The van der Waals surface area contributed by atoms with Crippen molar-refractivity contribution < 1.29 is 19.0 Å². The van der Waals surface area contributed by atoms with Gasteiger partial charge < -0.3 is 19.5 Å². The monoisotopic (exact) mass is 468 g/mol. The van der Waals surface area contributed by atoms with Gasteiger partial charge in [-0.25, -0.2) is 0 Å². The minimum atomic E-state index is -0.139. The molecule has 1 aromatic carbocycles. The van der Waals surface area contributed by atoms with E-state index in [1.165, 1.54) is 4.88 Å². The largest absolute Gasteiger partial charge is 0.490 e. The molecule has 2 aliphatic heterocycles. The second-order valence-corrected chi connectivity index (χ2v) is 9.15. The number of benzene rings is 1. The number of fused-ring (bicyclic) bond motifs is 1. The van der Waals surface area contributed by atoms with Crippen LogP contribution in [-0.4, -0.2) is 66.6 Å². The van der Waals surface area contributed by atoms with Crippen LogP contribution in [0, 0.1) is 0 Å². The molecule has 0 radical (unpaired) electrons. The van der Waals surface area contributed by atoms with Gasteiger partial charge in [0.05, 0.1) is 38.0 Å². The fourth-order valence-electron chi connectivity index (χ4n) is 4.24. The van der Waals surface area contributed by atoms with E-state index in [0.29, 0.717) is 50.0 Å². The molecule has 0 spiro atoms. The lowest BCUT2D eigenvalue weighted by Gasteiger charge is -2.34. The maximum atomic E-state index is 13.3. The topological polar surface area (TPSA) is 77.9 Å². The molecule has 3 aromatic rings. The number of ether oxygens (including phenoxy) is 3. The molecule has 1 fully saturated rings. The first kappa shape index (κ1) is 21.9. The highest BCUT2D eigenvalue weighted by Gasteiger charge is 2.25. The Hall–Kier alpha value is -2.88. The molecular formula is C24H28N4O4S. The van der Waals surface area contributed by atoms with Gasteiger partial charge >= 0.3 is 0 Å². The summed E-state index contributed by atoms with van der Waals surface area (Å²) in [4.78, 5) is 16.9. The normalized spacial score (nSPS) is 17.4. The number of rotatable bonds is 6. The van der Waals surface area contributed by atoms with E-state index in [4.69, 9.17) is 14.2 Å². The van der Waals surface area contributed by atoms with Gasteiger partial charge in [-0.05, 0) is 29.6 Å². The molecule has 1 saturated heterocycles. The Morgan fingerprint density at radius 1 is 1.15 bits per heavy atom. The summed E-state index contributed by atoms with van der Waals surface area (Å²) in [6, 6.07) is 10.0. The standard InChI is InChI=1S/C24H28N4O4S/c1-27-16-18(23(26-27)17-5-6-20-21(14-17)32-10-3-9-31-20)24(29)25-15-19(22-4-2-13-33-22)28-7-11-30-12-8-28/h2,4-6,13-14,16,19H,3,7-12,15H2,1H3,(H,25,29). The minimum absolute atomic E-state index is 0.121. The summed E-state index contributed by atoms with van der Waals surface area (Å²) in [5, 5.41) is 9.81. The third-order valence-corrected chi connectivity index (χ3v) is 6.88. The van der Waals surface area contributed by atoms with Gasteiger partial charge in [-0.15, -0.1) is 11.3 Å². The number of nitrogens with zero attached hydrogens (tertiary/aromatic N) is 3. The first-order valence-corrected chi connectivity index (χ1v) is 12.1. The van der Waals surface area contributed by atoms with Gasteiger partial charge in [-0.2, -0.15) is 5.10 Å². The van der Waals surface area contributed by atoms with Crippen molar-refractivity contribution in [2.45, 2.75) is 12.5 Å². The van der Waals surface area contributed by atoms with E-state index < -0.39 is 0 Å². The van der Waals surface area contributed by atoms with Crippen LogP contribution in [0.25, 0.3) is 11.3 Å². The number of morpholine rings is 1. The maximum absolute atomic E-state index is 13.3. The van der Waals surface area contributed by atoms with Crippen molar-refractivity contribution in [1.29, 1.82) is 0 Å². The van der Waals surface area contributed by atoms with Crippen molar-refractivity contribution >= 4 is 17.2 Å². The summed E-state index contributed by atoms with van der Waals surface area (Å²) in [6.07, 6.45) is 2.61. The van der Waals surface area contributed by atoms with Gasteiger partial charge in [-0.3, -0.25) is 14.4 Å². The van der Waals surface area contributed by atoms with Crippen LogP contribution < -0.4 is 14.8 Å². The third kappa shape index (κ3) is 4.90. The van der Waals surface area contributed by atoms with Crippen molar-refractivity contribution in [3.63, 3.8) is 0 Å². The molecule has 8 nitrogen and oxygen atoms in total. The molecule has 5 rings (SSSR count). The van der Waals surface area contributed by atoms with Gasteiger partial charge in [0, 0.05) is 49.7 Å². The molecule has 1 unspecified atom stereocenters. The van der Waals surface area contributed by atoms with Crippen molar-refractivity contribution in [2.75, 3.05) is 46.1 Å². The zero-order valence-corrected chi connectivity index (χ0v) is 19.5. The Morgan fingerprint density at radius 2 is 1.97 bits per heavy atom. The molecule has 174 valence electrons. The highest BCUT2D eigenvalue weighted by Crippen LogP contribution is 2.35. The zero-order valence-electron chi connectivity index (χ0n) is 18.7. The number of hydrogen-bond acceptors (Lipinski definition) is 7. The Labute approximate surface area is 197 Å². The average molecular weight is 469 g/mol. The molecule has 2 aliphatic rings. The highest BCUT2D eigenvalue weighted by molar-refractivity contribution is 7.10. The van der Waals surface area contributed by atoms with E-state index in [9.17, 15) is 4.79 Å². The van der Waals surface area contributed by atoms with Crippen LogP contribution in [0.2, 0.25) is 0 Å². The van der Waals surface area contributed by atoms with Gasteiger partial charge in [0.15, 0.2) is 11.5 Å². The Kier molecular flexibility index (Phi) is 6.61. The molecule has 1 amide bonds. The van der Waals surface area contributed by atoms with Crippen LogP contribution in [0.3, 0.4) is 0 Å². The summed E-state index contributed by atoms with van der Waals surface area (Å²) in [5.41, 5.74) is 2.00. The van der Waals surface area contributed by atoms with Crippen molar-refractivity contribution in [1.82, 2.24) is 20.0 Å². The molecule has 9 heteroatoms. The lowest BCUT2D eigenvalue weighted by Crippen LogP contribution is -2.43. The van der Waals surface area contributed by atoms with Crippen molar-refractivity contribution in [2.24, 2.45) is 7.05 Å². The number of carbonyl (C=O) groups excluding carboxylic acids is 1. The predicted octanol–water partition coefficient (Wildman–Crippen LogP) is 3.11. The molecule has 33 heavy (non-hydrogen) atoms. The second kappa shape index (κ2) is 9.94. The number of aromatic nitrogens is 2. The molecule has 0 aliphatic carbocycles. The first-order chi connectivity index (χ1) is 16.2. The summed E-state index contributed by atoms with van der Waals surface area (Å²) >= 11 is 1.72. The van der Waals surface area contributed by atoms with Crippen LogP contribution >= 0.6 is 11.3 Å². The number of thiophene rings is 1. The first-order valence-electron chi connectivity index (χ1n) is 11.3. The quantitative estimate of drug-likeness (QED) is 0.599. The van der Waals surface area contributed by atoms with Crippen molar-refractivity contribution in [3.8, 4) is 22.8 Å². The highest BCUT2D eigenvalue weighted by atomic mass is 32.1. The predicted molar refractivity (Wildman–Crippen MR) is 126 cm³/mol. The van der Waals surface area contributed by atoms with Crippen LogP contribution in [0.4, 0.5) is 0 Å². The molecule has 4 heterocycles. The number of amides is 1. The van der Waals surface area contributed by atoms with E-state index >= 15 is 0 Å². The third-order valence-electron chi connectivity index (χ3n) is 5.91. The second-order valence-electron chi connectivity index (χ2n) is 8.17.